The van der Waals surface area contributed by atoms with Crippen molar-refractivity contribution in [2.75, 3.05) is 5.32 Å². The Hall–Kier alpha value is -2.53. The zero-order valence-electron chi connectivity index (χ0n) is 15.3. The van der Waals surface area contributed by atoms with Gasteiger partial charge in [-0.1, -0.05) is 56.0 Å². The predicted molar refractivity (Wildman–Crippen MR) is 108 cm³/mol. The standard InChI is InChI=1S/C21H23FN2OSi/c1-26(2,3)14-17(16-10-4-5-11-18(16)22)21(25)24-19-12-6-8-15-9-7-13-23-20(15)19/h4-13,17H,14H2,1-3H3,(H,24,25). The third kappa shape index (κ3) is 4.16. The Morgan fingerprint density at radius 3 is 2.54 bits per heavy atom. The molecule has 1 atom stereocenters. The third-order valence-corrected chi connectivity index (χ3v) is 5.94. The maximum absolute atomic E-state index is 14.4. The Morgan fingerprint density at radius 2 is 1.81 bits per heavy atom. The molecule has 0 radical (unpaired) electrons. The molecule has 0 bridgehead atoms. The van der Waals surface area contributed by atoms with E-state index in [2.05, 4.69) is 29.9 Å². The second kappa shape index (κ2) is 7.38. The van der Waals surface area contributed by atoms with Crippen molar-refractivity contribution in [1.29, 1.82) is 0 Å². The lowest BCUT2D eigenvalue weighted by Gasteiger charge is -2.25. The van der Waals surface area contributed by atoms with Crippen LogP contribution in [0.25, 0.3) is 10.9 Å². The first-order valence-corrected chi connectivity index (χ1v) is 12.4. The SMILES string of the molecule is C[Si](C)(C)CC(C(=O)Nc1cccc2cccnc12)c1ccccc1F. The first-order valence-electron chi connectivity index (χ1n) is 8.74. The summed E-state index contributed by atoms with van der Waals surface area (Å²) in [7, 11) is -1.60. The fourth-order valence-electron chi connectivity index (χ4n) is 3.14. The molecule has 1 heterocycles. The van der Waals surface area contributed by atoms with Gasteiger partial charge in [-0.05, 0) is 29.8 Å². The van der Waals surface area contributed by atoms with E-state index < -0.39 is 14.0 Å². The van der Waals surface area contributed by atoms with Gasteiger partial charge in [0, 0.05) is 19.7 Å². The van der Waals surface area contributed by atoms with Crippen molar-refractivity contribution in [2.24, 2.45) is 0 Å². The summed E-state index contributed by atoms with van der Waals surface area (Å²) < 4.78 is 14.4. The molecule has 0 spiro atoms. The van der Waals surface area contributed by atoms with Gasteiger partial charge in [-0.15, -0.1) is 0 Å². The Kier molecular flexibility index (Phi) is 5.18. The summed E-state index contributed by atoms with van der Waals surface area (Å²) in [6.45, 7) is 6.56. The number of hydrogen-bond acceptors (Lipinski definition) is 2. The van der Waals surface area contributed by atoms with Crippen molar-refractivity contribution in [3.8, 4) is 0 Å². The number of aromatic nitrogens is 1. The second-order valence-electron chi connectivity index (χ2n) is 7.71. The van der Waals surface area contributed by atoms with Gasteiger partial charge in [-0.2, -0.15) is 0 Å². The van der Waals surface area contributed by atoms with Crippen molar-refractivity contribution in [2.45, 2.75) is 31.6 Å². The zero-order chi connectivity index (χ0) is 18.7. The number of amides is 1. The predicted octanol–water partition coefficient (Wildman–Crippen LogP) is 5.43. The van der Waals surface area contributed by atoms with Crippen LogP contribution in [0.4, 0.5) is 10.1 Å². The number of nitrogens with zero attached hydrogens (tertiary/aromatic N) is 1. The Bertz CT molecular complexity index is 931. The molecule has 0 aliphatic carbocycles. The molecular weight excluding hydrogens is 343 g/mol. The van der Waals surface area contributed by atoms with Crippen molar-refractivity contribution in [1.82, 2.24) is 4.98 Å². The molecule has 134 valence electrons. The summed E-state index contributed by atoms with van der Waals surface area (Å²) in [5, 5.41) is 3.94. The quantitative estimate of drug-likeness (QED) is 0.611. The van der Waals surface area contributed by atoms with Crippen LogP contribution >= 0.6 is 0 Å². The number of fused-ring (bicyclic) bond motifs is 1. The van der Waals surface area contributed by atoms with Crippen molar-refractivity contribution < 1.29 is 9.18 Å². The number of pyridine rings is 1. The molecular formula is C21H23FN2OSi. The first-order chi connectivity index (χ1) is 12.3. The van der Waals surface area contributed by atoms with E-state index in [9.17, 15) is 9.18 Å². The minimum atomic E-state index is -1.60. The minimum absolute atomic E-state index is 0.185. The average Bonchev–Trinajstić information content (AvgIpc) is 2.60. The van der Waals surface area contributed by atoms with E-state index >= 15 is 0 Å². The highest BCUT2D eigenvalue weighted by atomic mass is 28.3. The monoisotopic (exact) mass is 366 g/mol. The molecule has 26 heavy (non-hydrogen) atoms. The molecule has 1 N–H and O–H groups in total. The van der Waals surface area contributed by atoms with Crippen LogP contribution < -0.4 is 5.32 Å². The highest BCUT2D eigenvalue weighted by Gasteiger charge is 2.29. The van der Waals surface area contributed by atoms with Gasteiger partial charge in [-0.25, -0.2) is 4.39 Å². The van der Waals surface area contributed by atoms with Crippen LogP contribution in [0.5, 0.6) is 0 Å². The van der Waals surface area contributed by atoms with Crippen molar-refractivity contribution in [3.05, 3.63) is 72.2 Å². The molecule has 0 saturated carbocycles. The summed E-state index contributed by atoms with van der Waals surface area (Å²) >= 11 is 0. The topological polar surface area (TPSA) is 42.0 Å². The molecule has 3 nitrogen and oxygen atoms in total. The van der Waals surface area contributed by atoms with E-state index in [0.717, 1.165) is 10.9 Å². The van der Waals surface area contributed by atoms with Crippen LogP contribution in [0.2, 0.25) is 25.7 Å². The summed E-state index contributed by atoms with van der Waals surface area (Å²) in [4.78, 5) is 17.5. The molecule has 0 aliphatic heterocycles. The van der Waals surface area contributed by atoms with Crippen LogP contribution in [0.1, 0.15) is 11.5 Å². The molecule has 3 aromatic rings. The molecule has 0 aliphatic rings. The van der Waals surface area contributed by atoms with Crippen LogP contribution in [-0.2, 0) is 4.79 Å². The number of rotatable bonds is 5. The normalized spacial score (nSPS) is 12.8. The van der Waals surface area contributed by atoms with E-state index in [1.165, 1.54) is 6.07 Å². The number of nitrogens with one attached hydrogen (secondary N) is 1. The van der Waals surface area contributed by atoms with Gasteiger partial charge in [0.05, 0.1) is 17.1 Å². The van der Waals surface area contributed by atoms with E-state index in [1.54, 1.807) is 24.4 Å². The molecule has 3 rings (SSSR count). The number of halogens is 1. The average molecular weight is 367 g/mol. The largest absolute Gasteiger partial charge is 0.324 e. The van der Waals surface area contributed by atoms with Gasteiger partial charge < -0.3 is 5.32 Å². The molecule has 1 aromatic heterocycles. The van der Waals surface area contributed by atoms with Gasteiger partial charge in [0.15, 0.2) is 0 Å². The summed E-state index contributed by atoms with van der Waals surface area (Å²) in [5.74, 6) is -1.03. The number of carbonyl (C=O) groups is 1. The zero-order valence-corrected chi connectivity index (χ0v) is 16.3. The van der Waals surface area contributed by atoms with E-state index in [0.29, 0.717) is 17.3 Å². The summed E-state index contributed by atoms with van der Waals surface area (Å²) in [6, 6.07) is 16.7. The number of anilines is 1. The molecule has 0 fully saturated rings. The summed E-state index contributed by atoms with van der Waals surface area (Å²) in [5.41, 5.74) is 1.86. The van der Waals surface area contributed by atoms with Crippen molar-refractivity contribution >= 4 is 30.6 Å². The highest BCUT2D eigenvalue weighted by molar-refractivity contribution is 6.76. The number of carbonyl (C=O) groups excluding carboxylic acids is 1. The Labute approximate surface area is 154 Å². The second-order valence-corrected chi connectivity index (χ2v) is 13.2. The lowest BCUT2D eigenvalue weighted by atomic mass is 9.99. The van der Waals surface area contributed by atoms with Gasteiger partial charge >= 0.3 is 0 Å². The van der Waals surface area contributed by atoms with E-state index in [1.807, 2.05) is 30.3 Å². The van der Waals surface area contributed by atoms with E-state index in [4.69, 9.17) is 0 Å². The highest BCUT2D eigenvalue weighted by Crippen LogP contribution is 2.31. The van der Waals surface area contributed by atoms with Crippen LogP contribution in [-0.4, -0.2) is 19.0 Å². The fourth-order valence-corrected chi connectivity index (χ4v) is 4.77. The molecule has 1 amide bonds. The number of benzene rings is 2. The van der Waals surface area contributed by atoms with Gasteiger partial charge in [-0.3, -0.25) is 9.78 Å². The van der Waals surface area contributed by atoms with Crippen molar-refractivity contribution in [3.63, 3.8) is 0 Å². The van der Waals surface area contributed by atoms with Gasteiger partial charge in [0.2, 0.25) is 5.91 Å². The number of para-hydroxylation sites is 1. The number of hydrogen-bond donors (Lipinski definition) is 1. The van der Waals surface area contributed by atoms with Gasteiger partial charge in [0.25, 0.3) is 0 Å². The minimum Gasteiger partial charge on any atom is -0.324 e. The maximum atomic E-state index is 14.4. The smallest absolute Gasteiger partial charge is 0.231 e. The maximum Gasteiger partial charge on any atom is 0.231 e. The Morgan fingerprint density at radius 1 is 1.08 bits per heavy atom. The first kappa shape index (κ1) is 18.3. The molecule has 1 unspecified atom stereocenters. The fraction of sp³-hybridized carbons (Fsp3) is 0.238. The lowest BCUT2D eigenvalue weighted by molar-refractivity contribution is -0.117. The molecule has 2 aromatic carbocycles. The van der Waals surface area contributed by atoms with Gasteiger partial charge in [0.1, 0.15) is 5.82 Å². The summed E-state index contributed by atoms with van der Waals surface area (Å²) in [6.07, 6.45) is 1.70. The molecule has 0 saturated heterocycles. The molecule has 5 heteroatoms. The third-order valence-electron chi connectivity index (χ3n) is 4.30. The van der Waals surface area contributed by atoms with Crippen LogP contribution in [0.15, 0.2) is 60.8 Å². The Balaban J connectivity index is 1.96. The van der Waals surface area contributed by atoms with Crippen LogP contribution in [0, 0.1) is 5.82 Å². The van der Waals surface area contributed by atoms with E-state index in [-0.39, 0.29) is 11.7 Å². The lowest BCUT2D eigenvalue weighted by Crippen LogP contribution is -2.30. The van der Waals surface area contributed by atoms with Crippen LogP contribution in [0.3, 0.4) is 0 Å².